The van der Waals surface area contributed by atoms with Crippen molar-refractivity contribution in [2.24, 2.45) is 0 Å². The number of aromatic carboxylic acids is 1. The SMILES string of the molecule is Cc1cc(Cl)ccc1NC(=O)CS(=O)Cc1ccc(C(=O)O)cc1. The molecule has 24 heavy (non-hydrogen) atoms. The molecule has 0 saturated carbocycles. The molecule has 2 N–H and O–H groups in total. The van der Waals surface area contributed by atoms with Crippen molar-refractivity contribution in [3.05, 3.63) is 64.2 Å². The molecule has 0 aliphatic heterocycles. The zero-order valence-electron chi connectivity index (χ0n) is 12.9. The van der Waals surface area contributed by atoms with Crippen LogP contribution in [0.1, 0.15) is 21.5 Å². The zero-order chi connectivity index (χ0) is 17.7. The lowest BCUT2D eigenvalue weighted by Crippen LogP contribution is -2.20. The van der Waals surface area contributed by atoms with E-state index in [1.807, 2.05) is 6.92 Å². The van der Waals surface area contributed by atoms with Crippen molar-refractivity contribution in [1.29, 1.82) is 0 Å². The highest BCUT2D eigenvalue weighted by molar-refractivity contribution is 7.84. The molecule has 0 spiro atoms. The summed E-state index contributed by atoms with van der Waals surface area (Å²) < 4.78 is 12.1. The lowest BCUT2D eigenvalue weighted by atomic mass is 10.1. The molecule has 1 atom stereocenters. The van der Waals surface area contributed by atoms with E-state index in [1.165, 1.54) is 12.1 Å². The molecule has 1 unspecified atom stereocenters. The molecule has 2 aromatic carbocycles. The average Bonchev–Trinajstić information content (AvgIpc) is 2.50. The van der Waals surface area contributed by atoms with Crippen molar-refractivity contribution in [2.75, 3.05) is 11.1 Å². The molecule has 0 aliphatic rings. The Bertz CT molecular complexity index is 790. The number of carboxylic acids is 1. The van der Waals surface area contributed by atoms with Crippen LogP contribution in [0.5, 0.6) is 0 Å². The molecule has 0 heterocycles. The average molecular weight is 366 g/mol. The van der Waals surface area contributed by atoms with E-state index in [2.05, 4.69) is 5.32 Å². The number of amides is 1. The van der Waals surface area contributed by atoms with Crippen LogP contribution in [0.25, 0.3) is 0 Å². The van der Waals surface area contributed by atoms with Gasteiger partial charge in [0, 0.05) is 27.3 Å². The second kappa shape index (κ2) is 8.08. The number of rotatable bonds is 6. The normalized spacial score (nSPS) is 11.8. The maximum atomic E-state index is 12.1. The highest BCUT2D eigenvalue weighted by atomic mass is 35.5. The highest BCUT2D eigenvalue weighted by Crippen LogP contribution is 2.19. The number of hydrogen-bond donors (Lipinski definition) is 2. The van der Waals surface area contributed by atoms with Gasteiger partial charge in [-0.15, -0.1) is 0 Å². The van der Waals surface area contributed by atoms with E-state index < -0.39 is 16.8 Å². The Labute approximate surface area is 147 Å². The van der Waals surface area contributed by atoms with E-state index in [9.17, 15) is 13.8 Å². The summed E-state index contributed by atoms with van der Waals surface area (Å²) in [6.45, 7) is 1.82. The van der Waals surface area contributed by atoms with E-state index in [1.54, 1.807) is 30.3 Å². The number of nitrogens with one attached hydrogen (secondary N) is 1. The fourth-order valence-corrected chi connectivity index (χ4v) is 3.34. The summed E-state index contributed by atoms with van der Waals surface area (Å²) >= 11 is 5.86. The molecule has 0 aromatic heterocycles. The predicted octanol–water partition coefficient (Wildman–Crippen LogP) is 3.23. The largest absolute Gasteiger partial charge is 0.478 e. The van der Waals surface area contributed by atoms with Gasteiger partial charge in [0.2, 0.25) is 5.91 Å². The number of carboxylic acid groups (broad SMARTS) is 1. The summed E-state index contributed by atoms with van der Waals surface area (Å²) in [5.74, 6) is -1.31. The van der Waals surface area contributed by atoms with E-state index in [4.69, 9.17) is 16.7 Å². The molecular weight excluding hydrogens is 350 g/mol. The van der Waals surface area contributed by atoms with E-state index in [0.717, 1.165) is 5.56 Å². The first-order chi connectivity index (χ1) is 11.3. The van der Waals surface area contributed by atoms with Crippen molar-refractivity contribution < 1.29 is 18.9 Å². The number of carbonyl (C=O) groups is 2. The van der Waals surface area contributed by atoms with Crippen molar-refractivity contribution in [1.82, 2.24) is 0 Å². The molecule has 2 rings (SSSR count). The topological polar surface area (TPSA) is 83.5 Å². The Morgan fingerprint density at radius 2 is 1.83 bits per heavy atom. The third-order valence-electron chi connectivity index (χ3n) is 3.28. The molecule has 0 saturated heterocycles. The minimum Gasteiger partial charge on any atom is -0.478 e. The summed E-state index contributed by atoms with van der Waals surface area (Å²) in [6.07, 6.45) is 0. The van der Waals surface area contributed by atoms with Crippen LogP contribution in [0.4, 0.5) is 5.69 Å². The minimum absolute atomic E-state index is 0.136. The lowest BCUT2D eigenvalue weighted by Gasteiger charge is -2.09. The van der Waals surface area contributed by atoms with Crippen LogP contribution in [0.15, 0.2) is 42.5 Å². The molecule has 5 nitrogen and oxygen atoms in total. The molecule has 0 aliphatic carbocycles. The van der Waals surface area contributed by atoms with Gasteiger partial charge in [0.1, 0.15) is 5.75 Å². The molecule has 0 bridgehead atoms. The number of benzene rings is 2. The van der Waals surface area contributed by atoms with Crippen LogP contribution in [0.3, 0.4) is 0 Å². The van der Waals surface area contributed by atoms with Crippen LogP contribution < -0.4 is 5.32 Å². The predicted molar refractivity (Wildman–Crippen MR) is 94.9 cm³/mol. The Hall–Kier alpha value is -2.18. The quantitative estimate of drug-likeness (QED) is 0.823. The Balaban J connectivity index is 1.91. The maximum Gasteiger partial charge on any atom is 0.335 e. The molecule has 1 amide bonds. The van der Waals surface area contributed by atoms with Gasteiger partial charge in [-0.05, 0) is 48.4 Å². The number of hydrogen-bond acceptors (Lipinski definition) is 3. The van der Waals surface area contributed by atoms with Gasteiger partial charge < -0.3 is 10.4 Å². The summed E-state index contributed by atoms with van der Waals surface area (Å²) in [6, 6.07) is 11.2. The Kier molecular flexibility index (Phi) is 6.11. The highest BCUT2D eigenvalue weighted by Gasteiger charge is 2.11. The Morgan fingerprint density at radius 3 is 2.42 bits per heavy atom. The van der Waals surface area contributed by atoms with Crippen LogP contribution >= 0.6 is 11.6 Å². The molecule has 7 heteroatoms. The summed E-state index contributed by atoms with van der Waals surface area (Å²) in [7, 11) is -1.39. The van der Waals surface area contributed by atoms with E-state index >= 15 is 0 Å². The second-order valence-electron chi connectivity index (χ2n) is 5.24. The molecule has 126 valence electrons. The number of anilines is 1. The maximum absolute atomic E-state index is 12.1. The van der Waals surface area contributed by atoms with Gasteiger partial charge in [-0.1, -0.05) is 23.7 Å². The Morgan fingerprint density at radius 1 is 1.17 bits per heavy atom. The first kappa shape index (κ1) is 18.2. The van der Waals surface area contributed by atoms with Gasteiger partial charge in [0.15, 0.2) is 0 Å². The smallest absolute Gasteiger partial charge is 0.335 e. The van der Waals surface area contributed by atoms with Crippen molar-refractivity contribution in [3.63, 3.8) is 0 Å². The van der Waals surface area contributed by atoms with Gasteiger partial charge in [0.05, 0.1) is 5.56 Å². The zero-order valence-corrected chi connectivity index (χ0v) is 14.5. The fraction of sp³-hybridized carbons (Fsp3) is 0.176. The summed E-state index contributed by atoms with van der Waals surface area (Å²) in [4.78, 5) is 22.8. The third-order valence-corrected chi connectivity index (χ3v) is 4.76. The van der Waals surface area contributed by atoms with Gasteiger partial charge >= 0.3 is 5.97 Å². The summed E-state index contributed by atoms with van der Waals surface area (Å²) in [5, 5.41) is 12.1. The third kappa shape index (κ3) is 5.18. The van der Waals surface area contributed by atoms with Crippen LogP contribution in [-0.4, -0.2) is 26.9 Å². The second-order valence-corrected chi connectivity index (χ2v) is 7.13. The van der Waals surface area contributed by atoms with Crippen LogP contribution in [-0.2, 0) is 21.3 Å². The minimum atomic E-state index is -1.39. The van der Waals surface area contributed by atoms with Gasteiger partial charge in [-0.25, -0.2) is 4.79 Å². The van der Waals surface area contributed by atoms with Gasteiger partial charge in [-0.3, -0.25) is 9.00 Å². The first-order valence-electron chi connectivity index (χ1n) is 7.08. The number of halogens is 1. The summed E-state index contributed by atoms with van der Waals surface area (Å²) in [5.41, 5.74) is 2.34. The molecule has 2 aromatic rings. The standard InChI is InChI=1S/C17H16ClNO4S/c1-11-8-14(18)6-7-15(11)19-16(20)10-24(23)9-12-2-4-13(5-3-12)17(21)22/h2-8H,9-10H2,1H3,(H,19,20)(H,21,22). The first-order valence-corrected chi connectivity index (χ1v) is 8.95. The van der Waals surface area contributed by atoms with Crippen LogP contribution in [0, 0.1) is 6.92 Å². The molecular formula is C17H16ClNO4S. The molecule has 0 radical (unpaired) electrons. The van der Waals surface area contributed by atoms with Crippen molar-refractivity contribution in [2.45, 2.75) is 12.7 Å². The fourth-order valence-electron chi connectivity index (χ4n) is 2.08. The number of carbonyl (C=O) groups excluding carboxylic acids is 1. The van der Waals surface area contributed by atoms with E-state index in [-0.39, 0.29) is 23.0 Å². The van der Waals surface area contributed by atoms with Crippen LogP contribution in [0.2, 0.25) is 5.02 Å². The monoisotopic (exact) mass is 365 g/mol. The lowest BCUT2D eigenvalue weighted by molar-refractivity contribution is -0.113. The van der Waals surface area contributed by atoms with Crippen molar-refractivity contribution >= 4 is 40.0 Å². The number of aryl methyl sites for hydroxylation is 1. The van der Waals surface area contributed by atoms with Gasteiger partial charge in [-0.2, -0.15) is 0 Å². The van der Waals surface area contributed by atoms with Crippen molar-refractivity contribution in [3.8, 4) is 0 Å². The molecule has 0 fully saturated rings. The van der Waals surface area contributed by atoms with Gasteiger partial charge in [0.25, 0.3) is 0 Å². The van der Waals surface area contributed by atoms with E-state index in [0.29, 0.717) is 16.3 Å².